The van der Waals surface area contributed by atoms with Crippen molar-refractivity contribution in [3.63, 3.8) is 0 Å². The molecule has 1 aromatic rings. The number of urea groups is 1. The molecule has 0 aliphatic carbocycles. The average molecular weight is 270 g/mol. The van der Waals surface area contributed by atoms with Gasteiger partial charge >= 0.3 is 6.03 Å². The molecule has 1 atom stereocenters. The van der Waals surface area contributed by atoms with Gasteiger partial charge < -0.3 is 10.1 Å². The molecule has 0 bridgehead atoms. The molecule has 0 saturated carbocycles. The minimum absolute atomic E-state index is 0.228. The van der Waals surface area contributed by atoms with Crippen LogP contribution in [0, 0.1) is 5.92 Å². The Balaban J connectivity index is 1.75. The van der Waals surface area contributed by atoms with Gasteiger partial charge in [0.25, 0.3) is 0 Å². The molecule has 100 valence electrons. The third-order valence-corrected chi connectivity index (χ3v) is 3.87. The summed E-state index contributed by atoms with van der Waals surface area (Å²) in [7, 11) is 0. The minimum Gasteiger partial charge on any atom is -0.381 e. The Hall–Kier alpha value is -1.21. The predicted molar refractivity (Wildman–Crippen MR) is 69.9 cm³/mol. The second-order valence-electron chi connectivity index (χ2n) is 4.66. The number of carbonyl (C=O) groups is 1. The van der Waals surface area contributed by atoms with Crippen molar-refractivity contribution in [2.24, 2.45) is 5.92 Å². The predicted octanol–water partition coefficient (Wildman–Crippen LogP) is 1.82. The molecule has 2 amide bonds. The first-order valence-electron chi connectivity index (χ1n) is 6.11. The van der Waals surface area contributed by atoms with Crippen molar-refractivity contribution in [1.82, 2.24) is 15.5 Å². The number of anilines is 1. The molecular formula is C11H18N4O2S. The number of amides is 2. The summed E-state index contributed by atoms with van der Waals surface area (Å²) in [6, 6.07) is -0.228. The Morgan fingerprint density at radius 1 is 1.56 bits per heavy atom. The number of nitrogens with one attached hydrogen (secondary N) is 2. The molecule has 0 radical (unpaired) electrons. The zero-order chi connectivity index (χ0) is 13.0. The highest BCUT2D eigenvalue weighted by molar-refractivity contribution is 7.15. The fourth-order valence-electron chi connectivity index (χ4n) is 1.64. The van der Waals surface area contributed by atoms with Crippen LogP contribution in [0.2, 0.25) is 0 Å². The van der Waals surface area contributed by atoms with Crippen LogP contribution in [0.5, 0.6) is 0 Å². The molecule has 1 fully saturated rings. The fraction of sp³-hybridized carbons (Fsp3) is 0.727. The number of nitrogens with zero attached hydrogens (tertiary/aromatic N) is 2. The first kappa shape index (κ1) is 13.2. The Bertz CT molecular complexity index is 402. The van der Waals surface area contributed by atoms with Gasteiger partial charge in [-0.3, -0.25) is 5.32 Å². The van der Waals surface area contributed by atoms with Gasteiger partial charge in [0, 0.05) is 25.0 Å². The summed E-state index contributed by atoms with van der Waals surface area (Å²) in [6.07, 6.45) is 1.01. The summed E-state index contributed by atoms with van der Waals surface area (Å²) in [6.45, 7) is 6.26. The molecule has 0 spiro atoms. The monoisotopic (exact) mass is 270 g/mol. The highest BCUT2D eigenvalue weighted by Gasteiger charge is 2.16. The van der Waals surface area contributed by atoms with Gasteiger partial charge in [0.1, 0.15) is 5.01 Å². The van der Waals surface area contributed by atoms with E-state index in [1.54, 1.807) is 0 Å². The number of ether oxygens (including phenoxy) is 1. The van der Waals surface area contributed by atoms with Gasteiger partial charge in [-0.05, 0) is 6.42 Å². The molecule has 1 aliphatic heterocycles. The van der Waals surface area contributed by atoms with E-state index < -0.39 is 0 Å². The number of aromatic nitrogens is 2. The zero-order valence-corrected chi connectivity index (χ0v) is 11.4. The molecule has 2 rings (SSSR count). The van der Waals surface area contributed by atoms with E-state index in [2.05, 4.69) is 20.8 Å². The van der Waals surface area contributed by atoms with Crippen molar-refractivity contribution in [1.29, 1.82) is 0 Å². The van der Waals surface area contributed by atoms with Gasteiger partial charge in [-0.25, -0.2) is 4.79 Å². The van der Waals surface area contributed by atoms with Gasteiger partial charge in [0.15, 0.2) is 0 Å². The first-order chi connectivity index (χ1) is 8.65. The second-order valence-corrected chi connectivity index (χ2v) is 5.67. The summed E-state index contributed by atoms with van der Waals surface area (Å²) in [5.74, 6) is 0.758. The van der Waals surface area contributed by atoms with E-state index >= 15 is 0 Å². The van der Waals surface area contributed by atoms with Crippen molar-refractivity contribution in [3.05, 3.63) is 5.01 Å². The van der Waals surface area contributed by atoms with Gasteiger partial charge in [-0.1, -0.05) is 25.2 Å². The van der Waals surface area contributed by atoms with E-state index in [0.717, 1.165) is 24.6 Å². The van der Waals surface area contributed by atoms with Gasteiger partial charge in [0.05, 0.1) is 6.61 Å². The van der Waals surface area contributed by atoms with Crippen molar-refractivity contribution >= 4 is 22.5 Å². The summed E-state index contributed by atoms with van der Waals surface area (Å²) in [5.41, 5.74) is 0. The highest BCUT2D eigenvalue weighted by Crippen LogP contribution is 2.22. The summed E-state index contributed by atoms with van der Waals surface area (Å²) >= 11 is 1.41. The normalized spacial score (nSPS) is 19.2. The minimum atomic E-state index is -0.228. The van der Waals surface area contributed by atoms with Gasteiger partial charge in [0.2, 0.25) is 5.13 Å². The molecule has 0 unspecified atom stereocenters. The van der Waals surface area contributed by atoms with Crippen LogP contribution in [0.15, 0.2) is 0 Å². The van der Waals surface area contributed by atoms with Crippen molar-refractivity contribution < 1.29 is 9.53 Å². The SMILES string of the molecule is CC(C)c1nnc(NC(=O)NC[C@H]2CCOC2)s1. The molecule has 6 nitrogen and oxygen atoms in total. The molecule has 7 heteroatoms. The Kier molecular flexibility index (Phi) is 4.48. The zero-order valence-electron chi connectivity index (χ0n) is 10.6. The second kappa shape index (κ2) is 6.10. The molecule has 2 heterocycles. The lowest BCUT2D eigenvalue weighted by Crippen LogP contribution is -2.33. The van der Waals surface area contributed by atoms with E-state index in [1.807, 2.05) is 13.8 Å². The maximum Gasteiger partial charge on any atom is 0.321 e. The van der Waals surface area contributed by atoms with Crippen LogP contribution in [-0.2, 0) is 4.74 Å². The molecule has 18 heavy (non-hydrogen) atoms. The molecule has 1 aliphatic rings. The van der Waals surface area contributed by atoms with Gasteiger partial charge in [-0.15, -0.1) is 10.2 Å². The van der Waals surface area contributed by atoms with Gasteiger partial charge in [-0.2, -0.15) is 0 Å². The number of carbonyl (C=O) groups excluding carboxylic acids is 1. The Morgan fingerprint density at radius 2 is 2.39 bits per heavy atom. The van der Waals surface area contributed by atoms with Crippen molar-refractivity contribution in [2.45, 2.75) is 26.2 Å². The molecule has 0 aromatic carbocycles. The topological polar surface area (TPSA) is 76.1 Å². The first-order valence-corrected chi connectivity index (χ1v) is 6.93. The summed E-state index contributed by atoms with van der Waals surface area (Å²) in [4.78, 5) is 11.6. The molecule has 1 aromatic heterocycles. The van der Waals surface area contributed by atoms with E-state index in [0.29, 0.717) is 23.5 Å². The molecule has 2 N–H and O–H groups in total. The smallest absolute Gasteiger partial charge is 0.321 e. The quantitative estimate of drug-likeness (QED) is 0.875. The van der Waals surface area contributed by atoms with Crippen LogP contribution in [0.3, 0.4) is 0 Å². The van der Waals surface area contributed by atoms with Crippen LogP contribution in [0.25, 0.3) is 0 Å². The van der Waals surface area contributed by atoms with E-state index in [-0.39, 0.29) is 6.03 Å². The van der Waals surface area contributed by atoms with Crippen LogP contribution < -0.4 is 10.6 Å². The third-order valence-electron chi connectivity index (χ3n) is 2.73. The van der Waals surface area contributed by atoms with Crippen LogP contribution >= 0.6 is 11.3 Å². The van der Waals surface area contributed by atoms with Crippen LogP contribution in [0.4, 0.5) is 9.93 Å². The lowest BCUT2D eigenvalue weighted by molar-refractivity contribution is 0.185. The highest BCUT2D eigenvalue weighted by atomic mass is 32.1. The maximum atomic E-state index is 11.6. The van der Waals surface area contributed by atoms with Crippen molar-refractivity contribution in [2.75, 3.05) is 25.1 Å². The largest absolute Gasteiger partial charge is 0.381 e. The Morgan fingerprint density at radius 3 is 3.00 bits per heavy atom. The molecular weight excluding hydrogens is 252 g/mol. The number of rotatable bonds is 4. The third kappa shape index (κ3) is 3.64. The van der Waals surface area contributed by atoms with E-state index in [1.165, 1.54) is 11.3 Å². The average Bonchev–Trinajstić information content (AvgIpc) is 2.96. The lowest BCUT2D eigenvalue weighted by Gasteiger charge is -2.08. The summed E-state index contributed by atoms with van der Waals surface area (Å²) < 4.78 is 5.25. The van der Waals surface area contributed by atoms with E-state index in [4.69, 9.17) is 4.74 Å². The maximum absolute atomic E-state index is 11.6. The van der Waals surface area contributed by atoms with E-state index in [9.17, 15) is 4.79 Å². The Labute approximate surface area is 110 Å². The van der Waals surface area contributed by atoms with Crippen LogP contribution in [-0.4, -0.2) is 36.0 Å². The lowest BCUT2D eigenvalue weighted by atomic mass is 10.1. The summed E-state index contributed by atoms with van der Waals surface area (Å²) in [5, 5.41) is 14.9. The standard InChI is InChI=1S/C11H18N4O2S/c1-7(2)9-14-15-11(18-9)13-10(16)12-5-8-3-4-17-6-8/h7-8H,3-6H2,1-2H3,(H2,12,13,15,16)/t8-/m1/s1. The fourth-order valence-corrected chi connectivity index (χ4v) is 2.38. The van der Waals surface area contributed by atoms with Crippen LogP contribution in [0.1, 0.15) is 31.2 Å². The molecule has 1 saturated heterocycles. The number of hydrogen-bond donors (Lipinski definition) is 2. The van der Waals surface area contributed by atoms with Crippen molar-refractivity contribution in [3.8, 4) is 0 Å². The number of hydrogen-bond acceptors (Lipinski definition) is 5.